The monoisotopic (exact) mass is 165 g/mol. The third-order valence-corrected chi connectivity index (χ3v) is 2.82. The van der Waals surface area contributed by atoms with Crippen molar-refractivity contribution in [1.82, 2.24) is 10.2 Å². The number of nitrogens with two attached hydrogens (primary N) is 1. The van der Waals surface area contributed by atoms with Crippen molar-refractivity contribution in [3.05, 3.63) is 18.0 Å². The van der Waals surface area contributed by atoms with E-state index < -0.39 is 0 Å². The van der Waals surface area contributed by atoms with Gasteiger partial charge in [0.2, 0.25) is 0 Å². The summed E-state index contributed by atoms with van der Waals surface area (Å²) >= 11 is 0. The maximum Gasteiger partial charge on any atom is 0.0537 e. The Bertz CT molecular complexity index is 234. The van der Waals surface area contributed by atoms with Crippen molar-refractivity contribution >= 4 is 0 Å². The molecule has 0 spiro atoms. The van der Waals surface area contributed by atoms with Gasteiger partial charge < -0.3 is 5.73 Å². The summed E-state index contributed by atoms with van der Waals surface area (Å²) in [6, 6.07) is 0. The molecule has 1 heterocycles. The van der Waals surface area contributed by atoms with Crippen LogP contribution < -0.4 is 5.73 Å². The van der Waals surface area contributed by atoms with Gasteiger partial charge in [-0.3, -0.25) is 5.10 Å². The van der Waals surface area contributed by atoms with E-state index in [0.717, 1.165) is 12.8 Å². The van der Waals surface area contributed by atoms with Crippen LogP contribution in [0, 0.1) is 0 Å². The number of nitrogens with zero attached hydrogens (tertiary/aromatic N) is 1. The Morgan fingerprint density at radius 2 is 2.08 bits per heavy atom. The number of hydrogen-bond donors (Lipinski definition) is 2. The molecule has 1 aromatic rings. The van der Waals surface area contributed by atoms with Crippen LogP contribution in [0.25, 0.3) is 0 Å². The van der Waals surface area contributed by atoms with Gasteiger partial charge in [-0.2, -0.15) is 5.10 Å². The molecular weight excluding hydrogens is 150 g/mol. The van der Waals surface area contributed by atoms with Crippen molar-refractivity contribution in [1.29, 1.82) is 0 Å². The van der Waals surface area contributed by atoms with Crippen LogP contribution in [-0.4, -0.2) is 10.2 Å². The number of H-pyrrole nitrogens is 1. The van der Waals surface area contributed by atoms with Crippen molar-refractivity contribution in [2.45, 2.75) is 37.6 Å². The number of rotatable bonds is 1. The van der Waals surface area contributed by atoms with Gasteiger partial charge in [-0.15, -0.1) is 0 Å². The lowest BCUT2D eigenvalue weighted by Crippen LogP contribution is -2.38. The SMILES string of the molecule is NC1(c2cn[nH]c2)CCCCC1. The second-order valence-corrected chi connectivity index (χ2v) is 3.70. The number of nitrogens with one attached hydrogen (secondary N) is 1. The first kappa shape index (κ1) is 7.80. The zero-order valence-corrected chi connectivity index (χ0v) is 7.21. The Morgan fingerprint density at radius 1 is 1.33 bits per heavy atom. The Balaban J connectivity index is 2.19. The Kier molecular flexibility index (Phi) is 1.89. The smallest absolute Gasteiger partial charge is 0.0537 e. The lowest BCUT2D eigenvalue weighted by molar-refractivity contribution is 0.302. The molecule has 1 aliphatic rings. The molecule has 12 heavy (non-hydrogen) atoms. The summed E-state index contributed by atoms with van der Waals surface area (Å²) in [5.74, 6) is 0. The van der Waals surface area contributed by atoms with Crippen LogP contribution in [0.4, 0.5) is 0 Å². The molecule has 3 N–H and O–H groups in total. The highest BCUT2D eigenvalue weighted by atomic mass is 15.1. The van der Waals surface area contributed by atoms with Crippen molar-refractivity contribution in [2.24, 2.45) is 5.73 Å². The van der Waals surface area contributed by atoms with Crippen molar-refractivity contribution in [2.75, 3.05) is 0 Å². The molecule has 1 aromatic heterocycles. The van der Waals surface area contributed by atoms with Gasteiger partial charge in [0.25, 0.3) is 0 Å². The first-order valence-corrected chi connectivity index (χ1v) is 4.59. The number of aromatic amines is 1. The average Bonchev–Trinajstić information content (AvgIpc) is 2.58. The van der Waals surface area contributed by atoms with E-state index in [1.807, 2.05) is 12.4 Å². The van der Waals surface area contributed by atoms with E-state index >= 15 is 0 Å². The highest BCUT2D eigenvalue weighted by molar-refractivity contribution is 5.17. The van der Waals surface area contributed by atoms with E-state index in [9.17, 15) is 0 Å². The molecule has 3 heteroatoms. The van der Waals surface area contributed by atoms with Gasteiger partial charge in [0.15, 0.2) is 0 Å². The average molecular weight is 165 g/mol. The zero-order chi connectivity index (χ0) is 8.44. The van der Waals surface area contributed by atoms with Crippen LogP contribution in [0.2, 0.25) is 0 Å². The molecule has 0 radical (unpaired) electrons. The van der Waals surface area contributed by atoms with Gasteiger partial charge in [-0.25, -0.2) is 0 Å². The van der Waals surface area contributed by atoms with E-state index in [2.05, 4.69) is 10.2 Å². The second-order valence-electron chi connectivity index (χ2n) is 3.70. The lowest BCUT2D eigenvalue weighted by atomic mass is 9.79. The third kappa shape index (κ3) is 1.25. The first-order valence-electron chi connectivity index (χ1n) is 4.59. The Labute approximate surface area is 72.4 Å². The molecule has 0 aliphatic heterocycles. The van der Waals surface area contributed by atoms with Crippen LogP contribution in [0.3, 0.4) is 0 Å². The minimum absolute atomic E-state index is 0.0920. The predicted molar refractivity (Wildman–Crippen MR) is 47.5 cm³/mol. The summed E-state index contributed by atoms with van der Waals surface area (Å²) in [5, 5.41) is 6.76. The largest absolute Gasteiger partial charge is 0.321 e. The summed E-state index contributed by atoms with van der Waals surface area (Å²) in [4.78, 5) is 0. The van der Waals surface area contributed by atoms with Gasteiger partial charge in [-0.1, -0.05) is 19.3 Å². The standard InChI is InChI=1S/C9H15N3/c10-9(4-2-1-3-5-9)8-6-11-12-7-8/h6-7H,1-5,10H2,(H,11,12). The van der Waals surface area contributed by atoms with Gasteiger partial charge in [0, 0.05) is 17.3 Å². The van der Waals surface area contributed by atoms with Crippen LogP contribution in [0.1, 0.15) is 37.7 Å². The van der Waals surface area contributed by atoms with Gasteiger partial charge in [0.1, 0.15) is 0 Å². The normalized spacial score (nSPS) is 22.4. The lowest BCUT2D eigenvalue weighted by Gasteiger charge is -2.32. The molecule has 2 rings (SSSR count). The Morgan fingerprint density at radius 3 is 2.67 bits per heavy atom. The summed E-state index contributed by atoms with van der Waals surface area (Å²) < 4.78 is 0. The third-order valence-electron chi connectivity index (χ3n) is 2.82. The maximum absolute atomic E-state index is 6.26. The van der Waals surface area contributed by atoms with Gasteiger partial charge in [-0.05, 0) is 12.8 Å². The fourth-order valence-electron chi connectivity index (χ4n) is 1.99. The van der Waals surface area contributed by atoms with Crippen molar-refractivity contribution in [3.63, 3.8) is 0 Å². The maximum atomic E-state index is 6.26. The molecule has 0 unspecified atom stereocenters. The molecule has 0 saturated heterocycles. The zero-order valence-electron chi connectivity index (χ0n) is 7.21. The summed E-state index contributed by atoms with van der Waals surface area (Å²) in [6.45, 7) is 0. The quantitative estimate of drug-likeness (QED) is 0.663. The number of aromatic nitrogens is 2. The molecular formula is C9H15N3. The molecule has 1 fully saturated rings. The van der Waals surface area contributed by atoms with E-state index in [0.29, 0.717) is 0 Å². The highest BCUT2D eigenvalue weighted by Gasteiger charge is 2.29. The summed E-state index contributed by atoms with van der Waals surface area (Å²) in [6.07, 6.45) is 9.82. The topological polar surface area (TPSA) is 54.7 Å². The summed E-state index contributed by atoms with van der Waals surface area (Å²) in [5.41, 5.74) is 7.34. The first-order chi connectivity index (χ1) is 5.81. The minimum atomic E-state index is -0.0920. The molecule has 1 saturated carbocycles. The van der Waals surface area contributed by atoms with Crippen LogP contribution in [0.15, 0.2) is 12.4 Å². The van der Waals surface area contributed by atoms with Crippen molar-refractivity contribution in [3.8, 4) is 0 Å². The fraction of sp³-hybridized carbons (Fsp3) is 0.667. The van der Waals surface area contributed by atoms with E-state index in [4.69, 9.17) is 5.73 Å². The van der Waals surface area contributed by atoms with E-state index in [1.54, 1.807) is 0 Å². The molecule has 3 nitrogen and oxygen atoms in total. The molecule has 0 aromatic carbocycles. The molecule has 0 atom stereocenters. The van der Waals surface area contributed by atoms with E-state index in [1.165, 1.54) is 24.8 Å². The van der Waals surface area contributed by atoms with Gasteiger partial charge in [0.05, 0.1) is 6.20 Å². The molecule has 0 bridgehead atoms. The van der Waals surface area contributed by atoms with Crippen molar-refractivity contribution < 1.29 is 0 Å². The molecule has 0 amide bonds. The highest BCUT2D eigenvalue weighted by Crippen LogP contribution is 2.33. The molecule has 66 valence electrons. The predicted octanol–water partition coefficient (Wildman–Crippen LogP) is 1.53. The fourth-order valence-corrected chi connectivity index (χ4v) is 1.99. The van der Waals surface area contributed by atoms with Crippen LogP contribution >= 0.6 is 0 Å². The number of hydrogen-bond acceptors (Lipinski definition) is 2. The summed E-state index contributed by atoms with van der Waals surface area (Å²) in [7, 11) is 0. The van der Waals surface area contributed by atoms with Crippen LogP contribution in [-0.2, 0) is 5.54 Å². The Hall–Kier alpha value is -0.830. The molecule has 1 aliphatic carbocycles. The van der Waals surface area contributed by atoms with Crippen LogP contribution in [0.5, 0.6) is 0 Å². The van der Waals surface area contributed by atoms with E-state index in [-0.39, 0.29) is 5.54 Å². The second kappa shape index (κ2) is 2.90. The van der Waals surface area contributed by atoms with Gasteiger partial charge >= 0.3 is 0 Å². The minimum Gasteiger partial charge on any atom is -0.321 e.